The molecule has 2 aliphatic heterocycles. The van der Waals surface area contributed by atoms with Crippen LogP contribution in [0.15, 0.2) is 23.7 Å². The van der Waals surface area contributed by atoms with Crippen LogP contribution in [0.3, 0.4) is 0 Å². The van der Waals surface area contributed by atoms with Crippen molar-refractivity contribution in [1.29, 1.82) is 0 Å². The van der Waals surface area contributed by atoms with E-state index in [0.29, 0.717) is 0 Å². The summed E-state index contributed by atoms with van der Waals surface area (Å²) in [4.78, 5) is 0. The molecule has 0 N–H and O–H groups in total. The Morgan fingerprint density at radius 2 is 1.60 bits per heavy atom. The van der Waals surface area contributed by atoms with Crippen molar-refractivity contribution in [1.82, 2.24) is 0 Å². The molecular formula is C7H8O2Se. The van der Waals surface area contributed by atoms with Gasteiger partial charge >= 0.3 is 63.7 Å². The summed E-state index contributed by atoms with van der Waals surface area (Å²) in [6, 6.07) is 0. The third kappa shape index (κ3) is 0.825. The molecule has 0 amide bonds. The molecule has 0 aromatic carbocycles. The van der Waals surface area contributed by atoms with Gasteiger partial charge in [-0.25, -0.2) is 0 Å². The molecular weight excluding hydrogens is 195 g/mol. The minimum atomic E-state index is -1.30. The second-order valence-corrected chi connectivity index (χ2v) is 4.99. The normalized spacial score (nSPS) is 23.2. The van der Waals surface area contributed by atoms with Crippen LogP contribution < -0.4 is 0 Å². The van der Waals surface area contributed by atoms with E-state index < -0.39 is 14.1 Å². The van der Waals surface area contributed by atoms with Crippen LogP contribution in [0.1, 0.15) is 13.8 Å². The zero-order chi connectivity index (χ0) is 7.14. The molecule has 2 nitrogen and oxygen atoms in total. The van der Waals surface area contributed by atoms with Gasteiger partial charge in [-0.3, -0.25) is 0 Å². The van der Waals surface area contributed by atoms with E-state index in [2.05, 4.69) is 12.2 Å². The van der Waals surface area contributed by atoms with Crippen LogP contribution in [0, 0.1) is 0 Å². The van der Waals surface area contributed by atoms with Gasteiger partial charge in [-0.1, -0.05) is 0 Å². The zero-order valence-corrected chi connectivity index (χ0v) is 7.59. The quantitative estimate of drug-likeness (QED) is 0.549. The Morgan fingerprint density at radius 3 is 2.00 bits per heavy atom. The van der Waals surface area contributed by atoms with E-state index in [4.69, 9.17) is 7.64 Å². The van der Waals surface area contributed by atoms with Gasteiger partial charge in [-0.2, -0.15) is 0 Å². The first-order valence-corrected chi connectivity index (χ1v) is 5.36. The molecule has 0 radical (unpaired) electrons. The van der Waals surface area contributed by atoms with Crippen LogP contribution in [0.2, 0.25) is 0 Å². The topological polar surface area (TPSA) is 18.5 Å². The van der Waals surface area contributed by atoms with Crippen LogP contribution in [-0.2, 0) is 7.64 Å². The molecule has 0 unspecified atom stereocenters. The second kappa shape index (κ2) is 1.97. The summed E-state index contributed by atoms with van der Waals surface area (Å²) < 4.78 is 12.1. The van der Waals surface area contributed by atoms with Gasteiger partial charge in [0.2, 0.25) is 0 Å². The van der Waals surface area contributed by atoms with Crippen molar-refractivity contribution in [2.24, 2.45) is 0 Å². The summed E-state index contributed by atoms with van der Waals surface area (Å²) in [6.07, 6.45) is 4.11. The molecule has 0 aromatic heterocycles. The second-order valence-electron chi connectivity index (χ2n) is 2.31. The third-order valence-corrected chi connectivity index (χ3v) is 4.34. The van der Waals surface area contributed by atoms with Crippen molar-refractivity contribution in [3.63, 3.8) is 0 Å². The van der Waals surface area contributed by atoms with E-state index in [1.54, 1.807) is 0 Å². The average Bonchev–Trinajstić information content (AvgIpc) is 2.21. The molecule has 0 atom stereocenters. The summed E-state index contributed by atoms with van der Waals surface area (Å²) >= 11 is -1.30. The molecule has 0 fully saturated rings. The Balaban J connectivity index is 2.33. The van der Waals surface area contributed by atoms with E-state index in [1.807, 2.05) is 13.8 Å². The number of hydrogen-bond donors (Lipinski definition) is 0. The fourth-order valence-corrected chi connectivity index (χ4v) is 3.72. The SMILES string of the molecule is CC1=CC2=[Se](O1)OC(C)=C2. The summed E-state index contributed by atoms with van der Waals surface area (Å²) in [5.41, 5.74) is 0. The molecule has 2 aliphatic rings. The van der Waals surface area contributed by atoms with Gasteiger partial charge < -0.3 is 0 Å². The average molecular weight is 203 g/mol. The molecule has 0 saturated heterocycles. The fourth-order valence-electron chi connectivity index (χ4n) is 0.939. The maximum atomic E-state index is 5.43. The molecule has 0 spiro atoms. The Hall–Kier alpha value is -0.531. The Kier molecular flexibility index (Phi) is 1.22. The van der Waals surface area contributed by atoms with Crippen molar-refractivity contribution >= 4 is 18.5 Å². The van der Waals surface area contributed by atoms with Gasteiger partial charge in [0.05, 0.1) is 0 Å². The first-order valence-electron chi connectivity index (χ1n) is 3.10. The van der Waals surface area contributed by atoms with Gasteiger partial charge in [-0.15, -0.1) is 0 Å². The van der Waals surface area contributed by atoms with Gasteiger partial charge in [0.1, 0.15) is 0 Å². The number of hydrogen-bond acceptors (Lipinski definition) is 2. The Bertz CT molecular complexity index is 247. The van der Waals surface area contributed by atoms with Gasteiger partial charge in [0.25, 0.3) is 0 Å². The predicted molar refractivity (Wildman–Crippen MR) is 40.4 cm³/mol. The summed E-state index contributed by atoms with van der Waals surface area (Å²) in [5.74, 6) is 1.98. The summed E-state index contributed by atoms with van der Waals surface area (Å²) in [6.45, 7) is 3.92. The van der Waals surface area contributed by atoms with E-state index in [-0.39, 0.29) is 0 Å². The zero-order valence-electron chi connectivity index (χ0n) is 5.88. The molecule has 3 heteroatoms. The molecule has 2 heterocycles. The molecule has 0 saturated carbocycles. The van der Waals surface area contributed by atoms with E-state index in [0.717, 1.165) is 11.5 Å². The van der Waals surface area contributed by atoms with Crippen molar-refractivity contribution in [2.75, 3.05) is 0 Å². The molecule has 10 heavy (non-hydrogen) atoms. The van der Waals surface area contributed by atoms with Crippen molar-refractivity contribution in [3.8, 4) is 0 Å². The molecule has 0 aromatic rings. The van der Waals surface area contributed by atoms with Crippen molar-refractivity contribution < 1.29 is 7.64 Å². The van der Waals surface area contributed by atoms with Crippen LogP contribution in [0.5, 0.6) is 0 Å². The van der Waals surface area contributed by atoms with E-state index >= 15 is 0 Å². The maximum absolute atomic E-state index is 5.43. The third-order valence-electron chi connectivity index (χ3n) is 1.30. The molecule has 0 bridgehead atoms. The van der Waals surface area contributed by atoms with Gasteiger partial charge in [-0.05, 0) is 0 Å². The van der Waals surface area contributed by atoms with E-state index in [1.165, 1.54) is 4.42 Å². The van der Waals surface area contributed by atoms with Gasteiger partial charge in [0, 0.05) is 0 Å². The molecule has 54 valence electrons. The van der Waals surface area contributed by atoms with Crippen molar-refractivity contribution in [3.05, 3.63) is 23.7 Å². The van der Waals surface area contributed by atoms with Crippen molar-refractivity contribution in [2.45, 2.75) is 13.8 Å². The predicted octanol–water partition coefficient (Wildman–Crippen LogP) is 1.10. The number of rotatable bonds is 0. The van der Waals surface area contributed by atoms with Gasteiger partial charge in [0.15, 0.2) is 0 Å². The van der Waals surface area contributed by atoms with Crippen LogP contribution in [-0.4, -0.2) is 18.5 Å². The standard InChI is InChI=1S/C7H8O2Se/c1-5-3-7-4-6(2)9-10(7)8-5/h3-4H,1-2H3. The van der Waals surface area contributed by atoms with Crippen LogP contribution in [0.4, 0.5) is 0 Å². The minimum absolute atomic E-state index is 0.990. The van der Waals surface area contributed by atoms with Crippen LogP contribution in [0.25, 0.3) is 0 Å². The Morgan fingerprint density at radius 1 is 1.10 bits per heavy atom. The Labute approximate surface area is 64.2 Å². The summed E-state index contributed by atoms with van der Waals surface area (Å²) in [5, 5.41) is 0. The van der Waals surface area contributed by atoms with E-state index in [9.17, 15) is 0 Å². The summed E-state index contributed by atoms with van der Waals surface area (Å²) in [7, 11) is 0. The first kappa shape index (κ1) is 6.20. The monoisotopic (exact) mass is 204 g/mol. The fraction of sp³-hybridized carbons (Fsp3) is 0.286. The van der Waals surface area contributed by atoms with Crippen LogP contribution >= 0.6 is 0 Å². The number of allylic oxidation sites excluding steroid dienone is 4. The molecule has 2 rings (SSSR count). The first-order chi connectivity index (χ1) is 4.75. The molecule has 0 aliphatic carbocycles.